The Hall–Kier alpha value is -1.18. The lowest BCUT2D eigenvalue weighted by Gasteiger charge is -2.39. The molecule has 2 heterocycles. The van der Waals surface area contributed by atoms with Crippen molar-refractivity contribution >= 4 is 15.8 Å². The summed E-state index contributed by atoms with van der Waals surface area (Å²) in [5.41, 5.74) is 0. The van der Waals surface area contributed by atoms with E-state index >= 15 is 0 Å². The van der Waals surface area contributed by atoms with Gasteiger partial charge in [0.05, 0.1) is 0 Å². The van der Waals surface area contributed by atoms with Gasteiger partial charge < -0.3 is 10.0 Å². The summed E-state index contributed by atoms with van der Waals surface area (Å²) >= 11 is 0. The first-order chi connectivity index (χ1) is 9.58. The van der Waals surface area contributed by atoms with E-state index in [0.29, 0.717) is 18.4 Å². The summed E-state index contributed by atoms with van der Waals surface area (Å²) < 4.78 is 26.7. The molecule has 0 amide bonds. The van der Waals surface area contributed by atoms with Crippen LogP contribution in [0, 0.1) is 11.8 Å². The summed E-state index contributed by atoms with van der Waals surface area (Å²) in [4.78, 5) is 6.44. The van der Waals surface area contributed by atoms with Crippen LogP contribution in [0.2, 0.25) is 0 Å². The van der Waals surface area contributed by atoms with Crippen LogP contribution in [0.4, 0.5) is 5.82 Å². The average Bonchev–Trinajstić information content (AvgIpc) is 3.20. The van der Waals surface area contributed by atoms with Gasteiger partial charge in [-0.1, -0.05) is 0 Å². The number of hydrogen-bond donors (Lipinski definition) is 2. The fourth-order valence-electron chi connectivity index (χ4n) is 2.22. The van der Waals surface area contributed by atoms with Crippen molar-refractivity contribution in [2.75, 3.05) is 31.1 Å². The molecule has 3 rings (SSSR count). The van der Waals surface area contributed by atoms with E-state index in [2.05, 4.69) is 9.71 Å². The summed E-state index contributed by atoms with van der Waals surface area (Å²) in [5, 5.41) is 8.98. The lowest BCUT2D eigenvalue weighted by atomic mass is 10.0. The van der Waals surface area contributed by atoms with Crippen LogP contribution in [-0.4, -0.2) is 44.7 Å². The van der Waals surface area contributed by atoms with Gasteiger partial charge in [-0.2, -0.15) is 0 Å². The van der Waals surface area contributed by atoms with Crippen molar-refractivity contribution in [3.05, 3.63) is 18.3 Å². The Morgan fingerprint density at radius 1 is 1.30 bits per heavy atom. The van der Waals surface area contributed by atoms with Gasteiger partial charge in [-0.25, -0.2) is 18.1 Å². The maximum atomic E-state index is 12.0. The Bertz CT molecular complexity index is 563. The van der Waals surface area contributed by atoms with Crippen molar-refractivity contribution < 1.29 is 13.5 Å². The number of rotatable bonds is 6. The van der Waals surface area contributed by atoms with Gasteiger partial charge in [-0.15, -0.1) is 0 Å². The minimum atomic E-state index is -3.43. The van der Waals surface area contributed by atoms with Crippen molar-refractivity contribution in [3.8, 4) is 0 Å². The topological polar surface area (TPSA) is 82.5 Å². The SMILES string of the molecule is O=S(=O)(NCC1CC1)c1ccc(N2CC(CO)C2)nc1. The number of aromatic nitrogens is 1. The molecule has 6 nitrogen and oxygen atoms in total. The number of nitrogens with one attached hydrogen (secondary N) is 1. The highest BCUT2D eigenvalue weighted by molar-refractivity contribution is 7.89. The zero-order valence-corrected chi connectivity index (χ0v) is 12.0. The Labute approximate surface area is 118 Å². The van der Waals surface area contributed by atoms with Gasteiger partial charge in [0.15, 0.2) is 0 Å². The van der Waals surface area contributed by atoms with E-state index in [4.69, 9.17) is 5.11 Å². The fraction of sp³-hybridized carbons (Fsp3) is 0.615. The molecule has 2 fully saturated rings. The monoisotopic (exact) mass is 297 g/mol. The molecule has 20 heavy (non-hydrogen) atoms. The fourth-order valence-corrected chi connectivity index (χ4v) is 3.28. The minimum Gasteiger partial charge on any atom is -0.396 e. The van der Waals surface area contributed by atoms with E-state index in [0.717, 1.165) is 31.7 Å². The highest BCUT2D eigenvalue weighted by atomic mass is 32.2. The van der Waals surface area contributed by atoms with E-state index in [1.165, 1.54) is 6.20 Å². The van der Waals surface area contributed by atoms with Gasteiger partial charge in [-0.3, -0.25) is 0 Å². The third-order valence-corrected chi connectivity index (χ3v) is 5.24. The van der Waals surface area contributed by atoms with E-state index in [1.54, 1.807) is 12.1 Å². The van der Waals surface area contributed by atoms with Crippen molar-refractivity contribution in [1.82, 2.24) is 9.71 Å². The van der Waals surface area contributed by atoms with Crippen LogP contribution in [0.15, 0.2) is 23.2 Å². The van der Waals surface area contributed by atoms with Crippen molar-refractivity contribution in [2.24, 2.45) is 11.8 Å². The molecule has 0 atom stereocenters. The van der Waals surface area contributed by atoms with Crippen LogP contribution in [0.5, 0.6) is 0 Å². The smallest absolute Gasteiger partial charge is 0.242 e. The molecule has 1 aromatic rings. The normalized spacial score (nSPS) is 19.9. The number of anilines is 1. The van der Waals surface area contributed by atoms with Crippen LogP contribution >= 0.6 is 0 Å². The maximum absolute atomic E-state index is 12.0. The molecule has 0 aromatic carbocycles. The molecule has 110 valence electrons. The molecule has 0 spiro atoms. The molecule has 1 aromatic heterocycles. The molecule has 1 saturated heterocycles. The average molecular weight is 297 g/mol. The predicted molar refractivity (Wildman–Crippen MR) is 74.9 cm³/mol. The second kappa shape index (κ2) is 5.31. The highest BCUT2D eigenvalue weighted by Gasteiger charge is 2.28. The summed E-state index contributed by atoms with van der Waals surface area (Å²) in [6, 6.07) is 3.31. The van der Waals surface area contributed by atoms with Crippen molar-refractivity contribution in [1.29, 1.82) is 0 Å². The van der Waals surface area contributed by atoms with E-state index in [1.807, 2.05) is 4.90 Å². The molecular weight excluding hydrogens is 278 g/mol. The van der Waals surface area contributed by atoms with Gasteiger partial charge in [0.25, 0.3) is 0 Å². The van der Waals surface area contributed by atoms with E-state index in [-0.39, 0.29) is 11.5 Å². The Morgan fingerprint density at radius 3 is 2.60 bits per heavy atom. The molecule has 0 unspecified atom stereocenters. The predicted octanol–water partition coefficient (Wildman–Crippen LogP) is 0.198. The summed E-state index contributed by atoms with van der Waals surface area (Å²) in [7, 11) is -3.43. The van der Waals surface area contributed by atoms with Crippen molar-refractivity contribution in [2.45, 2.75) is 17.7 Å². The van der Waals surface area contributed by atoms with Crippen molar-refractivity contribution in [3.63, 3.8) is 0 Å². The zero-order chi connectivity index (χ0) is 14.2. The molecule has 2 N–H and O–H groups in total. The van der Waals surface area contributed by atoms with Gasteiger partial charge in [0, 0.05) is 38.4 Å². The lowest BCUT2D eigenvalue weighted by Crippen LogP contribution is -2.48. The third kappa shape index (κ3) is 2.94. The first-order valence-electron chi connectivity index (χ1n) is 6.90. The first kappa shape index (κ1) is 13.8. The molecule has 1 saturated carbocycles. The zero-order valence-electron chi connectivity index (χ0n) is 11.2. The third-order valence-electron chi connectivity index (χ3n) is 3.83. The summed E-state index contributed by atoms with van der Waals surface area (Å²) in [6.07, 6.45) is 3.62. The van der Waals surface area contributed by atoms with E-state index in [9.17, 15) is 8.42 Å². The number of pyridine rings is 1. The molecule has 7 heteroatoms. The van der Waals surface area contributed by atoms with Crippen LogP contribution in [0.3, 0.4) is 0 Å². The van der Waals surface area contributed by atoms with Crippen LogP contribution < -0.4 is 9.62 Å². The summed E-state index contributed by atoms with van der Waals surface area (Å²) in [5.74, 6) is 1.57. The molecule has 0 bridgehead atoms. The van der Waals surface area contributed by atoms with Gasteiger partial charge in [-0.05, 0) is 30.9 Å². The molecule has 1 aliphatic carbocycles. The number of sulfonamides is 1. The Kier molecular flexibility index (Phi) is 3.66. The second-order valence-corrected chi connectivity index (χ2v) is 7.37. The maximum Gasteiger partial charge on any atom is 0.242 e. The number of hydrogen-bond acceptors (Lipinski definition) is 5. The molecule has 1 aliphatic heterocycles. The Morgan fingerprint density at radius 2 is 2.05 bits per heavy atom. The number of aliphatic hydroxyl groups excluding tert-OH is 1. The first-order valence-corrected chi connectivity index (χ1v) is 8.38. The molecule has 2 aliphatic rings. The number of nitrogens with zero attached hydrogens (tertiary/aromatic N) is 2. The standard InChI is InChI=1S/C13H19N3O3S/c17-9-11-7-16(8-11)13-4-3-12(6-14-13)20(18,19)15-5-10-1-2-10/h3-4,6,10-11,15,17H,1-2,5,7-9H2. The minimum absolute atomic E-state index is 0.189. The summed E-state index contributed by atoms with van der Waals surface area (Å²) in [6.45, 7) is 2.26. The van der Waals surface area contributed by atoms with Crippen LogP contribution in [0.1, 0.15) is 12.8 Å². The number of aliphatic hydroxyl groups is 1. The lowest BCUT2D eigenvalue weighted by molar-refractivity contribution is 0.200. The van der Waals surface area contributed by atoms with Gasteiger partial charge in [0.1, 0.15) is 10.7 Å². The van der Waals surface area contributed by atoms with Gasteiger partial charge in [0.2, 0.25) is 10.0 Å². The Balaban J connectivity index is 1.63. The van der Waals surface area contributed by atoms with Crippen LogP contribution in [0.25, 0.3) is 0 Å². The van der Waals surface area contributed by atoms with Crippen LogP contribution in [-0.2, 0) is 10.0 Å². The van der Waals surface area contributed by atoms with E-state index < -0.39 is 10.0 Å². The quantitative estimate of drug-likeness (QED) is 0.784. The second-order valence-electron chi connectivity index (χ2n) is 5.60. The molecular formula is C13H19N3O3S. The largest absolute Gasteiger partial charge is 0.396 e. The molecule has 0 radical (unpaired) electrons. The van der Waals surface area contributed by atoms with Gasteiger partial charge >= 0.3 is 0 Å². The highest BCUT2D eigenvalue weighted by Crippen LogP contribution is 2.28.